The van der Waals surface area contributed by atoms with E-state index in [1.54, 1.807) is 0 Å². The van der Waals surface area contributed by atoms with Crippen molar-refractivity contribution in [3.8, 4) is 0 Å². The first kappa shape index (κ1) is 7.56. The van der Waals surface area contributed by atoms with Crippen LogP contribution in [-0.2, 0) is 0 Å². The zero-order valence-corrected chi connectivity index (χ0v) is 7.14. The number of hydrogen-bond donors (Lipinski definition) is 2. The first-order chi connectivity index (χ1) is 5.21. The number of nitrogens with one attached hydrogen (secondary N) is 1. The molecule has 2 rings (SSSR count). The summed E-state index contributed by atoms with van der Waals surface area (Å²) < 4.78 is 0. The van der Waals surface area contributed by atoms with Gasteiger partial charge in [0, 0.05) is 6.04 Å². The maximum atomic E-state index is 9.49. The highest BCUT2D eigenvalue weighted by Gasteiger charge is 2.42. The Morgan fingerprint density at radius 1 is 1.45 bits per heavy atom. The molecule has 2 aliphatic rings. The minimum atomic E-state index is -0.0313. The van der Waals surface area contributed by atoms with Crippen molar-refractivity contribution < 1.29 is 5.11 Å². The van der Waals surface area contributed by atoms with Crippen LogP contribution in [0.2, 0.25) is 0 Å². The second-order valence-electron chi connectivity index (χ2n) is 4.35. The molecule has 1 aliphatic heterocycles. The standard InChI is InChI=1S/C9H17NO/c1-9-4-5-10-8(9)3-2-7(11)6-9/h7-8,10-11H,2-6H2,1H3/t7-,8-,9+/m1/s1. The van der Waals surface area contributed by atoms with Crippen LogP contribution in [0.15, 0.2) is 0 Å². The van der Waals surface area contributed by atoms with Gasteiger partial charge in [0.05, 0.1) is 6.10 Å². The van der Waals surface area contributed by atoms with E-state index in [2.05, 4.69) is 12.2 Å². The third-order valence-electron chi connectivity index (χ3n) is 3.42. The van der Waals surface area contributed by atoms with E-state index in [0.29, 0.717) is 11.5 Å². The molecule has 0 aromatic carbocycles. The lowest BCUT2D eigenvalue weighted by Gasteiger charge is -2.38. The van der Waals surface area contributed by atoms with Crippen molar-refractivity contribution in [2.75, 3.05) is 6.54 Å². The summed E-state index contributed by atoms with van der Waals surface area (Å²) in [6.07, 6.45) is 4.38. The smallest absolute Gasteiger partial charge is 0.0546 e. The molecule has 0 radical (unpaired) electrons. The van der Waals surface area contributed by atoms with Crippen LogP contribution < -0.4 is 5.32 Å². The Hall–Kier alpha value is -0.0800. The molecule has 0 aromatic rings. The molecule has 3 atom stereocenters. The number of hydrogen-bond acceptors (Lipinski definition) is 2. The minimum Gasteiger partial charge on any atom is -0.393 e. The summed E-state index contributed by atoms with van der Waals surface area (Å²) in [6, 6.07) is 0.686. The Bertz CT molecular complexity index is 160. The lowest BCUT2D eigenvalue weighted by Crippen LogP contribution is -2.41. The van der Waals surface area contributed by atoms with Crippen molar-refractivity contribution >= 4 is 0 Å². The lowest BCUT2D eigenvalue weighted by atomic mass is 9.71. The van der Waals surface area contributed by atoms with Crippen molar-refractivity contribution in [1.82, 2.24) is 5.32 Å². The maximum absolute atomic E-state index is 9.49. The second-order valence-corrected chi connectivity index (χ2v) is 4.35. The summed E-state index contributed by atoms with van der Waals surface area (Å²) in [5.41, 5.74) is 0.400. The Morgan fingerprint density at radius 3 is 3.09 bits per heavy atom. The van der Waals surface area contributed by atoms with E-state index in [4.69, 9.17) is 0 Å². The molecule has 1 saturated heterocycles. The third-order valence-corrected chi connectivity index (χ3v) is 3.42. The molecule has 2 fully saturated rings. The summed E-state index contributed by atoms with van der Waals surface area (Å²) in [6.45, 7) is 3.45. The number of aliphatic hydroxyl groups excluding tert-OH is 1. The maximum Gasteiger partial charge on any atom is 0.0546 e. The van der Waals surface area contributed by atoms with Crippen molar-refractivity contribution in [3.63, 3.8) is 0 Å². The van der Waals surface area contributed by atoms with Gasteiger partial charge in [-0.3, -0.25) is 0 Å². The van der Waals surface area contributed by atoms with Crippen molar-refractivity contribution in [2.45, 2.75) is 44.8 Å². The van der Waals surface area contributed by atoms with Crippen molar-refractivity contribution in [3.05, 3.63) is 0 Å². The third kappa shape index (κ3) is 1.18. The number of fused-ring (bicyclic) bond motifs is 1. The molecule has 0 aromatic heterocycles. The summed E-state index contributed by atoms with van der Waals surface area (Å²) in [4.78, 5) is 0. The number of aliphatic hydroxyl groups is 1. The van der Waals surface area contributed by atoms with Gasteiger partial charge < -0.3 is 10.4 Å². The highest BCUT2D eigenvalue weighted by atomic mass is 16.3. The van der Waals surface area contributed by atoms with Crippen molar-refractivity contribution in [2.24, 2.45) is 5.41 Å². The monoisotopic (exact) mass is 155 g/mol. The normalized spacial score (nSPS) is 50.7. The first-order valence-corrected chi connectivity index (χ1v) is 4.62. The van der Waals surface area contributed by atoms with Gasteiger partial charge in [0.15, 0.2) is 0 Å². The molecule has 2 nitrogen and oxygen atoms in total. The fraction of sp³-hybridized carbons (Fsp3) is 1.00. The Balaban J connectivity index is 2.10. The van der Waals surface area contributed by atoms with Gasteiger partial charge in [-0.05, 0) is 37.6 Å². The van der Waals surface area contributed by atoms with E-state index in [1.165, 1.54) is 6.42 Å². The van der Waals surface area contributed by atoms with Gasteiger partial charge in [0.25, 0.3) is 0 Å². The van der Waals surface area contributed by atoms with Crippen LogP contribution in [0.4, 0.5) is 0 Å². The van der Waals surface area contributed by atoms with E-state index in [0.717, 1.165) is 25.8 Å². The number of rotatable bonds is 0. The average Bonchev–Trinajstić information content (AvgIpc) is 2.28. The molecule has 0 amide bonds. The van der Waals surface area contributed by atoms with Gasteiger partial charge in [-0.25, -0.2) is 0 Å². The van der Waals surface area contributed by atoms with Crippen LogP contribution in [0, 0.1) is 5.41 Å². The predicted octanol–water partition coefficient (Wildman–Crippen LogP) is 0.899. The molecule has 11 heavy (non-hydrogen) atoms. The first-order valence-electron chi connectivity index (χ1n) is 4.62. The Kier molecular flexibility index (Phi) is 1.69. The van der Waals surface area contributed by atoms with Gasteiger partial charge in [0.1, 0.15) is 0 Å². The molecule has 1 heterocycles. The van der Waals surface area contributed by atoms with Crippen LogP contribution >= 0.6 is 0 Å². The van der Waals surface area contributed by atoms with Gasteiger partial charge in [0.2, 0.25) is 0 Å². The summed E-state index contributed by atoms with van der Waals surface area (Å²) in [7, 11) is 0. The molecule has 2 heteroatoms. The van der Waals surface area contributed by atoms with Gasteiger partial charge in [-0.1, -0.05) is 6.92 Å². The molecule has 0 unspecified atom stereocenters. The van der Waals surface area contributed by atoms with E-state index in [9.17, 15) is 5.11 Å². The predicted molar refractivity (Wildman–Crippen MR) is 44.4 cm³/mol. The van der Waals surface area contributed by atoms with Crippen LogP contribution in [-0.4, -0.2) is 23.8 Å². The van der Waals surface area contributed by atoms with Gasteiger partial charge >= 0.3 is 0 Å². The fourth-order valence-electron chi connectivity index (χ4n) is 2.65. The van der Waals surface area contributed by atoms with E-state index < -0.39 is 0 Å². The van der Waals surface area contributed by atoms with Crippen LogP contribution in [0.3, 0.4) is 0 Å². The van der Waals surface area contributed by atoms with Gasteiger partial charge in [-0.15, -0.1) is 0 Å². The molecule has 0 spiro atoms. The zero-order valence-electron chi connectivity index (χ0n) is 7.14. The molecular weight excluding hydrogens is 138 g/mol. The molecular formula is C9H17NO. The van der Waals surface area contributed by atoms with Crippen LogP contribution in [0.5, 0.6) is 0 Å². The SMILES string of the molecule is C[C@@]12CCN[C@@H]1CC[C@@H](O)C2. The summed E-state index contributed by atoms with van der Waals surface area (Å²) in [5.74, 6) is 0. The van der Waals surface area contributed by atoms with E-state index in [1.807, 2.05) is 0 Å². The van der Waals surface area contributed by atoms with Crippen molar-refractivity contribution in [1.29, 1.82) is 0 Å². The summed E-state index contributed by atoms with van der Waals surface area (Å²) >= 11 is 0. The quantitative estimate of drug-likeness (QED) is 0.544. The fourth-order valence-corrected chi connectivity index (χ4v) is 2.65. The highest BCUT2D eigenvalue weighted by molar-refractivity contribution is 4.98. The Morgan fingerprint density at radius 2 is 2.27 bits per heavy atom. The summed E-state index contributed by atoms with van der Waals surface area (Å²) in [5, 5.41) is 13.0. The highest BCUT2D eigenvalue weighted by Crippen LogP contribution is 2.41. The van der Waals surface area contributed by atoms with Crippen LogP contribution in [0.25, 0.3) is 0 Å². The molecule has 1 aliphatic carbocycles. The van der Waals surface area contributed by atoms with Gasteiger partial charge in [-0.2, -0.15) is 0 Å². The topological polar surface area (TPSA) is 32.3 Å². The van der Waals surface area contributed by atoms with E-state index in [-0.39, 0.29) is 6.10 Å². The zero-order chi connectivity index (χ0) is 7.90. The average molecular weight is 155 g/mol. The molecule has 64 valence electrons. The Labute approximate surface area is 68.0 Å². The molecule has 2 N–H and O–H groups in total. The largest absolute Gasteiger partial charge is 0.393 e. The lowest BCUT2D eigenvalue weighted by molar-refractivity contribution is 0.0501. The minimum absolute atomic E-state index is 0.0313. The molecule has 1 saturated carbocycles. The molecule has 0 bridgehead atoms. The van der Waals surface area contributed by atoms with E-state index >= 15 is 0 Å². The second kappa shape index (κ2) is 2.46. The van der Waals surface area contributed by atoms with Crippen LogP contribution in [0.1, 0.15) is 32.6 Å².